The van der Waals surface area contributed by atoms with Gasteiger partial charge in [-0.2, -0.15) is 0 Å². The summed E-state index contributed by atoms with van der Waals surface area (Å²) in [5.74, 6) is 1.35. The minimum Gasteiger partial charge on any atom is -1.00 e. The Morgan fingerprint density at radius 2 is 1.77 bits per heavy atom. The first kappa shape index (κ1) is 31.0. The number of methoxy groups -OCH3 is 1. The Balaban J connectivity index is 0.00000420. The van der Waals surface area contributed by atoms with Crippen LogP contribution < -0.4 is 26.3 Å². The lowest BCUT2D eigenvalue weighted by Gasteiger charge is -2.46. The number of ether oxygens (including phenoxy) is 2. The molecule has 212 valence electrons. The smallest absolute Gasteiger partial charge is 0.308 e. The normalized spacial score (nSPS) is 20.3. The second-order valence-electron chi connectivity index (χ2n) is 11.9. The number of esters is 1. The summed E-state index contributed by atoms with van der Waals surface area (Å²) < 4.78 is 15.8. The highest BCUT2D eigenvalue weighted by Crippen LogP contribution is 2.45. The van der Waals surface area contributed by atoms with Crippen LogP contribution in [-0.4, -0.2) is 29.0 Å². The van der Waals surface area contributed by atoms with E-state index >= 15 is 0 Å². The van der Waals surface area contributed by atoms with E-state index in [9.17, 15) is 4.79 Å². The van der Waals surface area contributed by atoms with Gasteiger partial charge in [-0.3, -0.25) is 4.79 Å². The van der Waals surface area contributed by atoms with Gasteiger partial charge < -0.3 is 26.5 Å². The van der Waals surface area contributed by atoms with E-state index in [0.29, 0.717) is 24.1 Å². The first-order valence-corrected chi connectivity index (χ1v) is 13.8. The molecular weight excluding hydrogens is 554 g/mol. The van der Waals surface area contributed by atoms with E-state index in [-0.39, 0.29) is 34.5 Å². The summed E-state index contributed by atoms with van der Waals surface area (Å²) in [6.45, 7) is 13.8. The van der Waals surface area contributed by atoms with E-state index in [1.54, 1.807) is 0 Å². The zero-order valence-electron chi connectivity index (χ0n) is 24.5. The highest BCUT2D eigenvalue weighted by atomic mass is 79.9. The van der Waals surface area contributed by atoms with E-state index in [2.05, 4.69) is 72.7 Å². The summed E-state index contributed by atoms with van der Waals surface area (Å²) in [7, 11) is 1.87. The van der Waals surface area contributed by atoms with Gasteiger partial charge in [0.25, 0.3) is 6.33 Å². The SMILES string of the molecule is CO[C@H]1[C@@H](Cn2c[n+](Cc3cc(C)c(OC(C)=O)c(C)c3)cn2)[C@H](CCc2ccc(C)cc2)CCC1(C)C.[Br-]. The third-order valence-corrected chi connectivity index (χ3v) is 8.26. The Labute approximate surface area is 244 Å². The van der Waals surface area contributed by atoms with Crippen LogP contribution in [0.15, 0.2) is 49.1 Å². The fourth-order valence-corrected chi connectivity index (χ4v) is 6.35. The summed E-state index contributed by atoms with van der Waals surface area (Å²) in [6.07, 6.45) is 8.87. The predicted octanol–water partition coefficient (Wildman–Crippen LogP) is 2.77. The van der Waals surface area contributed by atoms with Crippen molar-refractivity contribution in [3.05, 3.63) is 76.9 Å². The van der Waals surface area contributed by atoms with Crippen LogP contribution in [0.25, 0.3) is 0 Å². The van der Waals surface area contributed by atoms with Crippen LogP contribution in [0.2, 0.25) is 0 Å². The molecule has 0 radical (unpaired) electrons. The lowest BCUT2D eigenvalue weighted by molar-refractivity contribution is -0.689. The molecule has 4 rings (SSSR count). The van der Waals surface area contributed by atoms with Crippen LogP contribution in [0, 0.1) is 38.0 Å². The van der Waals surface area contributed by atoms with Crippen molar-refractivity contribution in [2.75, 3.05) is 7.11 Å². The van der Waals surface area contributed by atoms with Gasteiger partial charge in [-0.05, 0) is 92.2 Å². The van der Waals surface area contributed by atoms with Crippen molar-refractivity contribution < 1.29 is 35.8 Å². The summed E-state index contributed by atoms with van der Waals surface area (Å²) in [6, 6.07) is 13.1. The molecule has 2 aromatic carbocycles. The number of aryl methyl sites for hydroxylation is 4. The topological polar surface area (TPSA) is 57.2 Å². The molecule has 1 aliphatic carbocycles. The number of rotatable bonds is 9. The fraction of sp³-hybridized carbons (Fsp3) is 0.531. The first-order chi connectivity index (χ1) is 18.1. The lowest BCUT2D eigenvalue weighted by Crippen LogP contribution is -3.00. The molecule has 0 N–H and O–H groups in total. The molecule has 0 amide bonds. The predicted molar refractivity (Wildman–Crippen MR) is 149 cm³/mol. The third-order valence-electron chi connectivity index (χ3n) is 8.26. The Kier molecular flexibility index (Phi) is 10.5. The Hall–Kier alpha value is -2.51. The van der Waals surface area contributed by atoms with Gasteiger partial charge in [-0.1, -0.05) is 43.7 Å². The molecule has 1 heterocycles. The molecule has 0 aliphatic heterocycles. The number of carbonyl (C=O) groups excluding carboxylic acids is 1. The van der Waals surface area contributed by atoms with Gasteiger partial charge in [0.15, 0.2) is 0 Å². The zero-order valence-corrected chi connectivity index (χ0v) is 26.1. The maximum absolute atomic E-state index is 11.4. The fourth-order valence-electron chi connectivity index (χ4n) is 6.35. The van der Waals surface area contributed by atoms with Gasteiger partial charge in [0.2, 0.25) is 6.33 Å². The molecule has 6 nitrogen and oxygen atoms in total. The monoisotopic (exact) mass is 597 g/mol. The van der Waals surface area contributed by atoms with Crippen molar-refractivity contribution >= 4 is 5.97 Å². The number of benzene rings is 2. The van der Waals surface area contributed by atoms with Gasteiger partial charge in [-0.15, -0.1) is 4.68 Å². The summed E-state index contributed by atoms with van der Waals surface area (Å²) >= 11 is 0. The minimum absolute atomic E-state index is 0. The lowest BCUT2D eigenvalue weighted by atomic mass is 9.63. The highest BCUT2D eigenvalue weighted by Gasteiger charge is 2.45. The van der Waals surface area contributed by atoms with Crippen molar-refractivity contribution in [1.29, 1.82) is 0 Å². The summed E-state index contributed by atoms with van der Waals surface area (Å²) in [5, 5.41) is 4.74. The van der Waals surface area contributed by atoms with Crippen LogP contribution in [0.1, 0.15) is 67.9 Å². The van der Waals surface area contributed by atoms with E-state index < -0.39 is 0 Å². The number of halogens is 1. The van der Waals surface area contributed by atoms with Crippen molar-refractivity contribution in [2.24, 2.45) is 17.3 Å². The molecule has 0 unspecified atom stereocenters. The molecule has 1 saturated carbocycles. The molecule has 1 aliphatic rings. The maximum atomic E-state index is 11.4. The number of aromatic nitrogens is 3. The number of hydrogen-bond acceptors (Lipinski definition) is 4. The molecule has 3 atom stereocenters. The van der Waals surface area contributed by atoms with Gasteiger partial charge in [0, 0.05) is 25.1 Å². The van der Waals surface area contributed by atoms with E-state index in [4.69, 9.17) is 14.6 Å². The molecule has 1 aromatic heterocycles. The number of carbonyl (C=O) groups is 1. The zero-order chi connectivity index (χ0) is 27.4. The van der Waals surface area contributed by atoms with Crippen LogP contribution >= 0.6 is 0 Å². The number of hydrogen-bond donors (Lipinski definition) is 0. The summed E-state index contributed by atoms with van der Waals surface area (Å²) in [5.41, 5.74) is 5.95. The van der Waals surface area contributed by atoms with Crippen molar-refractivity contribution in [1.82, 2.24) is 9.78 Å². The Bertz CT molecular complexity index is 1230. The molecule has 0 saturated heterocycles. The van der Waals surface area contributed by atoms with Gasteiger partial charge in [0.05, 0.1) is 12.6 Å². The Morgan fingerprint density at radius 3 is 2.38 bits per heavy atom. The average molecular weight is 599 g/mol. The van der Waals surface area contributed by atoms with E-state index in [1.807, 2.05) is 27.3 Å². The van der Waals surface area contributed by atoms with E-state index in [0.717, 1.165) is 36.1 Å². The highest BCUT2D eigenvalue weighted by molar-refractivity contribution is 5.70. The molecule has 0 bridgehead atoms. The standard InChI is InChI=1S/C32H44N3O3.BrH/c1-22-8-10-26(11-9-22)12-13-28-14-15-32(5,6)31(37-7)29(28)19-35-21-34(20-33-35)18-27-16-23(2)30(24(3)17-27)38-25(4)36;/h8-11,16-17,20-21,28-29,31H,12-15,18-19H2,1-7H3;1H/q+1;/p-1/t28-,29+,31+;/m1./s1. The van der Waals surface area contributed by atoms with Gasteiger partial charge in [-0.25, -0.2) is 4.57 Å². The second kappa shape index (κ2) is 13.2. The third kappa shape index (κ3) is 7.79. The van der Waals surface area contributed by atoms with Crippen LogP contribution in [-0.2, 0) is 29.0 Å². The van der Waals surface area contributed by atoms with Crippen LogP contribution in [0.5, 0.6) is 5.75 Å². The van der Waals surface area contributed by atoms with Crippen molar-refractivity contribution in [3.63, 3.8) is 0 Å². The molecule has 39 heavy (non-hydrogen) atoms. The van der Waals surface area contributed by atoms with Gasteiger partial charge >= 0.3 is 5.97 Å². The van der Waals surface area contributed by atoms with Gasteiger partial charge in [0.1, 0.15) is 12.3 Å². The average Bonchev–Trinajstić information content (AvgIpc) is 3.28. The second-order valence-corrected chi connectivity index (χ2v) is 11.9. The first-order valence-electron chi connectivity index (χ1n) is 13.8. The molecule has 1 fully saturated rings. The summed E-state index contributed by atoms with van der Waals surface area (Å²) in [4.78, 5) is 11.4. The van der Waals surface area contributed by atoms with E-state index in [1.165, 1.54) is 30.9 Å². The quantitative estimate of drug-likeness (QED) is 0.216. The minimum atomic E-state index is -0.294. The molecule has 7 heteroatoms. The largest absolute Gasteiger partial charge is 1.00 e. The van der Waals surface area contributed by atoms with Crippen LogP contribution in [0.3, 0.4) is 0 Å². The molecule has 3 aromatic rings. The maximum Gasteiger partial charge on any atom is 0.308 e. The van der Waals surface area contributed by atoms with Crippen molar-refractivity contribution in [2.45, 2.75) is 86.4 Å². The van der Waals surface area contributed by atoms with Crippen molar-refractivity contribution in [3.8, 4) is 5.75 Å². The Morgan fingerprint density at radius 1 is 1.10 bits per heavy atom. The van der Waals surface area contributed by atoms with Crippen LogP contribution in [0.4, 0.5) is 0 Å². The molecule has 0 spiro atoms. The number of nitrogens with zero attached hydrogens (tertiary/aromatic N) is 3. The molecular formula is C32H44BrN3O3.